The Morgan fingerprint density at radius 3 is 2.30 bits per heavy atom. The first-order valence-corrected chi connectivity index (χ1v) is 10.6. The van der Waals surface area contributed by atoms with Crippen molar-refractivity contribution in [3.8, 4) is 0 Å². The molecule has 0 aromatic rings. The van der Waals surface area contributed by atoms with E-state index in [9.17, 15) is 9.59 Å². The fraction of sp³-hybridized carbons (Fsp3) is 0.818. The van der Waals surface area contributed by atoms with Gasteiger partial charge in [0, 0.05) is 19.8 Å². The van der Waals surface area contributed by atoms with Crippen molar-refractivity contribution in [3.63, 3.8) is 0 Å². The molecular formula is C22H36O8. The van der Waals surface area contributed by atoms with Gasteiger partial charge in [0.05, 0.1) is 19.3 Å². The maximum absolute atomic E-state index is 11.7. The van der Waals surface area contributed by atoms with Crippen molar-refractivity contribution < 1.29 is 38.0 Å². The van der Waals surface area contributed by atoms with Crippen molar-refractivity contribution in [2.45, 2.75) is 72.4 Å². The molecule has 2 fully saturated rings. The Morgan fingerprint density at radius 2 is 1.70 bits per heavy atom. The summed E-state index contributed by atoms with van der Waals surface area (Å²) >= 11 is 0. The largest absolute Gasteiger partial charge is 0.463 e. The smallest absolute Gasteiger partial charge is 0.303 e. The predicted octanol–water partition coefficient (Wildman–Crippen LogP) is 2.69. The Kier molecular flexibility index (Phi) is 9.28. The molecule has 2 aliphatic rings. The van der Waals surface area contributed by atoms with Crippen LogP contribution in [0.1, 0.15) is 41.5 Å². The molecule has 0 spiro atoms. The summed E-state index contributed by atoms with van der Waals surface area (Å²) in [6, 6.07) is 0. The number of carbonyl (C=O) groups is 2. The van der Waals surface area contributed by atoms with E-state index in [-0.39, 0.29) is 54.9 Å². The minimum absolute atomic E-state index is 0.00496. The van der Waals surface area contributed by atoms with Crippen LogP contribution in [0.25, 0.3) is 0 Å². The molecule has 0 aromatic carbocycles. The minimum atomic E-state index is -0.719. The topological polar surface area (TPSA) is 89.5 Å². The summed E-state index contributed by atoms with van der Waals surface area (Å²) in [4.78, 5) is 22.9. The Bertz CT molecular complexity index is 594. The van der Waals surface area contributed by atoms with Crippen molar-refractivity contribution in [3.05, 3.63) is 12.7 Å². The number of hydrogen-bond donors (Lipinski definition) is 0. The zero-order valence-corrected chi connectivity index (χ0v) is 18.9. The monoisotopic (exact) mass is 428 g/mol. The highest BCUT2D eigenvalue weighted by atomic mass is 16.7. The Balaban J connectivity index is 2.17. The number of carbonyl (C=O) groups excluding carboxylic acids is 2. The molecule has 2 heterocycles. The molecule has 0 aromatic heterocycles. The molecule has 0 amide bonds. The van der Waals surface area contributed by atoms with Crippen LogP contribution in [-0.2, 0) is 38.0 Å². The third-order valence-corrected chi connectivity index (χ3v) is 6.14. The third-order valence-electron chi connectivity index (χ3n) is 6.14. The third kappa shape index (κ3) is 6.26. The number of rotatable bonds is 8. The van der Waals surface area contributed by atoms with E-state index in [1.807, 2.05) is 20.8 Å². The van der Waals surface area contributed by atoms with Crippen molar-refractivity contribution in [2.75, 3.05) is 19.8 Å². The Morgan fingerprint density at radius 1 is 1.00 bits per heavy atom. The van der Waals surface area contributed by atoms with Crippen LogP contribution in [0.4, 0.5) is 0 Å². The lowest BCUT2D eigenvalue weighted by molar-refractivity contribution is -0.335. The quantitative estimate of drug-likeness (QED) is 0.431. The van der Waals surface area contributed by atoms with E-state index in [0.717, 1.165) is 0 Å². The van der Waals surface area contributed by atoms with E-state index in [1.54, 1.807) is 6.08 Å². The van der Waals surface area contributed by atoms with Gasteiger partial charge in [0.25, 0.3) is 0 Å². The molecule has 30 heavy (non-hydrogen) atoms. The molecule has 3 unspecified atom stereocenters. The SMILES string of the molecule is C=CCO[C@@H]1OC(COC(C)=O)[C@@H](C)[C@H](C)C1O[C@@H]1OC[C@@H](C)[C@H](C)C1OC(C)=O. The van der Waals surface area contributed by atoms with E-state index < -0.39 is 24.8 Å². The zero-order chi connectivity index (χ0) is 22.4. The molecule has 8 nitrogen and oxygen atoms in total. The first-order chi connectivity index (χ1) is 14.1. The summed E-state index contributed by atoms with van der Waals surface area (Å²) in [6.07, 6.45) is -1.10. The van der Waals surface area contributed by atoms with E-state index >= 15 is 0 Å². The van der Waals surface area contributed by atoms with Gasteiger partial charge in [-0.3, -0.25) is 9.59 Å². The Hall–Kier alpha value is -1.48. The van der Waals surface area contributed by atoms with Crippen molar-refractivity contribution in [2.24, 2.45) is 23.7 Å². The van der Waals surface area contributed by atoms with Crippen LogP contribution in [0.15, 0.2) is 12.7 Å². The fourth-order valence-electron chi connectivity index (χ4n) is 3.83. The fourth-order valence-corrected chi connectivity index (χ4v) is 3.83. The number of esters is 2. The maximum atomic E-state index is 11.7. The van der Waals surface area contributed by atoms with Crippen LogP contribution in [0.3, 0.4) is 0 Å². The molecule has 0 aliphatic carbocycles. The summed E-state index contributed by atoms with van der Waals surface area (Å²) in [5.74, 6) is -0.387. The highest BCUT2D eigenvalue weighted by Crippen LogP contribution is 2.37. The number of hydrogen-bond acceptors (Lipinski definition) is 8. The lowest BCUT2D eigenvalue weighted by atomic mass is 9.83. The van der Waals surface area contributed by atoms with E-state index in [4.69, 9.17) is 28.4 Å². The average molecular weight is 429 g/mol. The molecule has 2 saturated heterocycles. The minimum Gasteiger partial charge on any atom is -0.463 e. The molecule has 172 valence electrons. The highest BCUT2D eigenvalue weighted by Gasteiger charge is 2.47. The van der Waals surface area contributed by atoms with Crippen molar-refractivity contribution in [1.82, 2.24) is 0 Å². The summed E-state index contributed by atoms with van der Waals surface area (Å²) in [7, 11) is 0. The van der Waals surface area contributed by atoms with Gasteiger partial charge in [0.2, 0.25) is 0 Å². The van der Waals surface area contributed by atoms with E-state index in [2.05, 4.69) is 13.5 Å². The van der Waals surface area contributed by atoms with Gasteiger partial charge in [-0.1, -0.05) is 33.8 Å². The van der Waals surface area contributed by atoms with Crippen LogP contribution in [0.5, 0.6) is 0 Å². The summed E-state index contributed by atoms with van der Waals surface area (Å²) < 4.78 is 34.9. The molecule has 0 bridgehead atoms. The van der Waals surface area contributed by atoms with Gasteiger partial charge in [0.15, 0.2) is 18.7 Å². The van der Waals surface area contributed by atoms with Gasteiger partial charge in [0.1, 0.15) is 12.7 Å². The normalized spacial score (nSPS) is 39.2. The summed E-state index contributed by atoms with van der Waals surface area (Å²) in [6.45, 7) is 15.5. The van der Waals surface area contributed by atoms with Crippen molar-refractivity contribution in [1.29, 1.82) is 0 Å². The second kappa shape index (κ2) is 11.2. The van der Waals surface area contributed by atoms with E-state index in [0.29, 0.717) is 6.61 Å². The molecular weight excluding hydrogens is 392 g/mol. The summed E-state index contributed by atoms with van der Waals surface area (Å²) in [5, 5.41) is 0. The molecule has 8 heteroatoms. The van der Waals surface area contributed by atoms with Gasteiger partial charge in [-0.2, -0.15) is 0 Å². The molecule has 2 rings (SSSR count). The van der Waals surface area contributed by atoms with Gasteiger partial charge < -0.3 is 28.4 Å². The standard InChI is InChI=1S/C22H36O8/c1-8-9-25-21-20(15(5)14(4)18(29-21)11-26-16(6)23)30-22-19(28-17(7)24)13(3)12(2)10-27-22/h8,12-15,18-22H,1,9-11H2,2-7H3/t12-,13+,14+,15+,18?,19?,20?,21-,22+/m1/s1. The molecule has 0 radical (unpaired) electrons. The van der Waals surface area contributed by atoms with Gasteiger partial charge in [-0.15, -0.1) is 6.58 Å². The van der Waals surface area contributed by atoms with Crippen LogP contribution in [-0.4, -0.2) is 62.7 Å². The highest BCUT2D eigenvalue weighted by molar-refractivity contribution is 5.66. The molecule has 0 N–H and O–H groups in total. The lowest BCUT2D eigenvalue weighted by Gasteiger charge is -2.47. The van der Waals surface area contributed by atoms with Crippen LogP contribution < -0.4 is 0 Å². The van der Waals surface area contributed by atoms with Crippen LogP contribution in [0, 0.1) is 23.7 Å². The number of ether oxygens (including phenoxy) is 6. The first kappa shape index (κ1) is 24.8. The molecule has 0 saturated carbocycles. The second-order valence-corrected chi connectivity index (χ2v) is 8.40. The Labute approximate surface area is 179 Å². The van der Waals surface area contributed by atoms with Gasteiger partial charge in [-0.25, -0.2) is 0 Å². The average Bonchev–Trinajstić information content (AvgIpc) is 2.68. The second-order valence-electron chi connectivity index (χ2n) is 8.40. The van der Waals surface area contributed by atoms with E-state index in [1.165, 1.54) is 13.8 Å². The van der Waals surface area contributed by atoms with Crippen molar-refractivity contribution >= 4 is 11.9 Å². The lowest BCUT2D eigenvalue weighted by Crippen LogP contribution is -2.57. The van der Waals surface area contributed by atoms with Gasteiger partial charge in [-0.05, 0) is 17.8 Å². The first-order valence-electron chi connectivity index (χ1n) is 10.6. The van der Waals surface area contributed by atoms with Crippen LogP contribution >= 0.6 is 0 Å². The molecule has 9 atom stereocenters. The maximum Gasteiger partial charge on any atom is 0.303 e. The van der Waals surface area contributed by atoms with Crippen LogP contribution in [0.2, 0.25) is 0 Å². The predicted molar refractivity (Wildman–Crippen MR) is 108 cm³/mol. The van der Waals surface area contributed by atoms with Gasteiger partial charge >= 0.3 is 11.9 Å². The molecule has 2 aliphatic heterocycles. The summed E-state index contributed by atoms with van der Waals surface area (Å²) in [5.41, 5.74) is 0. The zero-order valence-electron chi connectivity index (χ0n) is 18.9.